The van der Waals surface area contributed by atoms with Crippen molar-refractivity contribution in [1.82, 2.24) is 14.4 Å². The summed E-state index contributed by atoms with van der Waals surface area (Å²) in [5.74, 6) is -0.257. The van der Waals surface area contributed by atoms with Crippen LogP contribution in [0.1, 0.15) is 5.69 Å². The van der Waals surface area contributed by atoms with Gasteiger partial charge in [0.05, 0.1) is 11.9 Å². The molecule has 0 aliphatic heterocycles. The minimum atomic E-state index is -0.257. The maximum atomic E-state index is 13.7. The standard InChI is InChI=1S/C13H10FN3/c1-9-13(10-4-2-3-5-11(10)14)16-12-8-15-6-7-17(9)12/h2-8H,1H3. The molecule has 2 aromatic heterocycles. The van der Waals surface area contributed by atoms with E-state index in [9.17, 15) is 4.39 Å². The second-order valence-electron chi connectivity index (χ2n) is 3.83. The van der Waals surface area contributed by atoms with Crippen LogP contribution in [0.2, 0.25) is 0 Å². The van der Waals surface area contributed by atoms with Crippen LogP contribution in [0.5, 0.6) is 0 Å². The summed E-state index contributed by atoms with van der Waals surface area (Å²) >= 11 is 0. The first-order chi connectivity index (χ1) is 8.27. The molecule has 2 heterocycles. The molecule has 4 heteroatoms. The zero-order valence-corrected chi connectivity index (χ0v) is 9.26. The second-order valence-corrected chi connectivity index (χ2v) is 3.83. The molecule has 0 aliphatic rings. The molecule has 0 unspecified atom stereocenters. The first-order valence-electron chi connectivity index (χ1n) is 5.31. The van der Waals surface area contributed by atoms with E-state index in [0.29, 0.717) is 11.3 Å². The van der Waals surface area contributed by atoms with E-state index in [1.807, 2.05) is 17.5 Å². The van der Waals surface area contributed by atoms with Crippen LogP contribution in [-0.4, -0.2) is 14.4 Å². The van der Waals surface area contributed by atoms with E-state index in [1.54, 1.807) is 30.6 Å². The molecular formula is C13H10FN3. The van der Waals surface area contributed by atoms with Crippen LogP contribution in [0.4, 0.5) is 4.39 Å². The molecule has 0 fully saturated rings. The Kier molecular flexibility index (Phi) is 2.14. The number of aromatic nitrogens is 3. The number of imidazole rings is 1. The molecule has 0 aliphatic carbocycles. The van der Waals surface area contributed by atoms with Crippen LogP contribution in [-0.2, 0) is 0 Å². The van der Waals surface area contributed by atoms with Crippen LogP contribution in [0.3, 0.4) is 0 Å². The van der Waals surface area contributed by atoms with Crippen LogP contribution >= 0.6 is 0 Å². The number of hydrogen-bond acceptors (Lipinski definition) is 2. The van der Waals surface area contributed by atoms with Gasteiger partial charge in [0.2, 0.25) is 0 Å². The number of benzene rings is 1. The molecule has 0 spiro atoms. The maximum absolute atomic E-state index is 13.7. The third-order valence-corrected chi connectivity index (χ3v) is 2.80. The average Bonchev–Trinajstić information content (AvgIpc) is 2.68. The Morgan fingerprint density at radius 3 is 2.82 bits per heavy atom. The van der Waals surface area contributed by atoms with Crippen LogP contribution in [0.15, 0.2) is 42.9 Å². The number of halogens is 1. The summed E-state index contributed by atoms with van der Waals surface area (Å²) < 4.78 is 15.6. The zero-order chi connectivity index (χ0) is 11.8. The van der Waals surface area contributed by atoms with Gasteiger partial charge in [-0.1, -0.05) is 12.1 Å². The van der Waals surface area contributed by atoms with Gasteiger partial charge in [-0.15, -0.1) is 0 Å². The lowest BCUT2D eigenvalue weighted by Crippen LogP contribution is -1.88. The molecule has 0 radical (unpaired) electrons. The summed E-state index contributed by atoms with van der Waals surface area (Å²) in [5.41, 5.74) is 2.82. The molecule has 17 heavy (non-hydrogen) atoms. The molecule has 3 rings (SSSR count). The van der Waals surface area contributed by atoms with Gasteiger partial charge in [-0.05, 0) is 19.1 Å². The summed E-state index contributed by atoms with van der Waals surface area (Å²) in [6.45, 7) is 1.92. The van der Waals surface area contributed by atoms with E-state index in [2.05, 4.69) is 9.97 Å². The highest BCUT2D eigenvalue weighted by molar-refractivity contribution is 5.66. The van der Waals surface area contributed by atoms with Gasteiger partial charge in [0.1, 0.15) is 5.82 Å². The molecule has 0 bridgehead atoms. The SMILES string of the molecule is Cc1c(-c2ccccc2F)nc2cnccn12. The summed E-state index contributed by atoms with van der Waals surface area (Å²) in [4.78, 5) is 8.41. The fraction of sp³-hybridized carbons (Fsp3) is 0.0769. The Bertz CT molecular complexity index is 688. The highest BCUT2D eigenvalue weighted by Gasteiger charge is 2.13. The minimum absolute atomic E-state index is 0.257. The molecule has 3 aromatic rings. The van der Waals surface area contributed by atoms with Crippen molar-refractivity contribution < 1.29 is 4.39 Å². The number of nitrogens with zero attached hydrogens (tertiary/aromatic N) is 3. The lowest BCUT2D eigenvalue weighted by Gasteiger charge is -2.00. The van der Waals surface area contributed by atoms with Crippen LogP contribution in [0.25, 0.3) is 16.9 Å². The smallest absolute Gasteiger partial charge is 0.156 e. The van der Waals surface area contributed by atoms with Gasteiger partial charge >= 0.3 is 0 Å². The van der Waals surface area contributed by atoms with Gasteiger partial charge in [0.25, 0.3) is 0 Å². The van der Waals surface area contributed by atoms with Gasteiger partial charge in [0, 0.05) is 23.7 Å². The highest BCUT2D eigenvalue weighted by Crippen LogP contribution is 2.25. The average molecular weight is 227 g/mol. The van der Waals surface area contributed by atoms with Crippen molar-refractivity contribution in [3.63, 3.8) is 0 Å². The van der Waals surface area contributed by atoms with Crippen molar-refractivity contribution in [2.45, 2.75) is 6.92 Å². The predicted octanol–water partition coefficient (Wildman–Crippen LogP) is 2.84. The van der Waals surface area contributed by atoms with Gasteiger partial charge in [0.15, 0.2) is 5.65 Å². The fourth-order valence-electron chi connectivity index (χ4n) is 1.94. The monoisotopic (exact) mass is 227 g/mol. The van der Waals surface area contributed by atoms with E-state index >= 15 is 0 Å². The molecular weight excluding hydrogens is 217 g/mol. The molecule has 1 aromatic carbocycles. The molecule has 0 atom stereocenters. The van der Waals surface area contributed by atoms with E-state index in [-0.39, 0.29) is 5.82 Å². The molecule has 0 amide bonds. The summed E-state index contributed by atoms with van der Waals surface area (Å²) in [6.07, 6.45) is 5.17. The highest BCUT2D eigenvalue weighted by atomic mass is 19.1. The van der Waals surface area contributed by atoms with Gasteiger partial charge in [-0.3, -0.25) is 4.98 Å². The zero-order valence-electron chi connectivity index (χ0n) is 9.26. The summed E-state index contributed by atoms with van der Waals surface area (Å²) in [7, 11) is 0. The minimum Gasteiger partial charge on any atom is -0.301 e. The Labute approximate surface area is 97.6 Å². The van der Waals surface area contributed by atoms with Crippen LogP contribution < -0.4 is 0 Å². The third-order valence-electron chi connectivity index (χ3n) is 2.80. The molecule has 0 saturated carbocycles. The van der Waals surface area contributed by atoms with Gasteiger partial charge < -0.3 is 4.40 Å². The van der Waals surface area contributed by atoms with E-state index in [4.69, 9.17) is 0 Å². The Hall–Kier alpha value is -2.23. The molecule has 84 valence electrons. The van der Waals surface area contributed by atoms with Gasteiger partial charge in [-0.25, -0.2) is 9.37 Å². The lowest BCUT2D eigenvalue weighted by molar-refractivity contribution is 0.630. The number of hydrogen-bond donors (Lipinski definition) is 0. The fourth-order valence-corrected chi connectivity index (χ4v) is 1.94. The largest absolute Gasteiger partial charge is 0.301 e. The van der Waals surface area contributed by atoms with Gasteiger partial charge in [-0.2, -0.15) is 0 Å². The predicted molar refractivity (Wildman–Crippen MR) is 63.1 cm³/mol. The number of rotatable bonds is 1. The first kappa shape index (κ1) is 9.96. The van der Waals surface area contributed by atoms with E-state index in [1.165, 1.54) is 6.07 Å². The lowest BCUT2D eigenvalue weighted by atomic mass is 10.1. The Morgan fingerprint density at radius 1 is 1.24 bits per heavy atom. The maximum Gasteiger partial charge on any atom is 0.156 e. The van der Waals surface area contributed by atoms with Crippen LogP contribution in [0, 0.1) is 12.7 Å². The van der Waals surface area contributed by atoms with E-state index in [0.717, 1.165) is 11.3 Å². The Balaban J connectivity index is 2.32. The normalized spacial score (nSPS) is 10.9. The van der Waals surface area contributed by atoms with Crippen molar-refractivity contribution in [3.05, 3.63) is 54.4 Å². The van der Waals surface area contributed by atoms with E-state index < -0.39 is 0 Å². The third kappa shape index (κ3) is 1.49. The number of fused-ring (bicyclic) bond motifs is 1. The molecule has 3 nitrogen and oxygen atoms in total. The molecule has 0 saturated heterocycles. The van der Waals surface area contributed by atoms with Crippen molar-refractivity contribution in [2.24, 2.45) is 0 Å². The number of aryl methyl sites for hydroxylation is 1. The Morgan fingerprint density at radius 2 is 2.06 bits per heavy atom. The van der Waals surface area contributed by atoms with Crippen molar-refractivity contribution >= 4 is 5.65 Å². The summed E-state index contributed by atoms with van der Waals surface area (Å²) in [5, 5.41) is 0. The van der Waals surface area contributed by atoms with Crippen molar-refractivity contribution in [2.75, 3.05) is 0 Å². The summed E-state index contributed by atoms with van der Waals surface area (Å²) in [6, 6.07) is 6.65. The van der Waals surface area contributed by atoms with Crippen molar-refractivity contribution in [1.29, 1.82) is 0 Å². The van der Waals surface area contributed by atoms with Crippen molar-refractivity contribution in [3.8, 4) is 11.3 Å². The molecule has 0 N–H and O–H groups in total. The topological polar surface area (TPSA) is 30.2 Å². The quantitative estimate of drug-likeness (QED) is 0.640. The first-order valence-corrected chi connectivity index (χ1v) is 5.31. The second kappa shape index (κ2) is 3.66.